The number of aromatic nitrogens is 3. The van der Waals surface area contributed by atoms with Gasteiger partial charge in [0.05, 0.1) is 30.3 Å². The van der Waals surface area contributed by atoms with E-state index in [0.29, 0.717) is 43.4 Å². The number of nitrogens with zero attached hydrogens (tertiary/aromatic N) is 4. The summed E-state index contributed by atoms with van der Waals surface area (Å²) in [5.41, 5.74) is 1.71. The lowest BCUT2D eigenvalue weighted by molar-refractivity contribution is 0.153. The number of hydrogen-bond donors (Lipinski definition) is 3. The Morgan fingerprint density at radius 3 is 2.17 bits per heavy atom. The van der Waals surface area contributed by atoms with Crippen LogP contribution in [0, 0.1) is 0 Å². The third-order valence-electron chi connectivity index (χ3n) is 4.53. The smallest absolute Gasteiger partial charge is 0.238 e. The van der Waals surface area contributed by atoms with Crippen molar-refractivity contribution in [3.8, 4) is 5.69 Å². The molecule has 0 amide bonds. The number of aliphatic hydroxyl groups excluding tert-OH is 2. The number of primary sulfonamides is 1. The maximum Gasteiger partial charge on any atom is 0.238 e. The SMILES string of the molecule is NS(=O)(=O)c1ccc(-n2nc(CN(CCO)CCO)nc2Cc2ccccc2)cc1. The van der Waals surface area contributed by atoms with E-state index in [0.717, 1.165) is 5.56 Å². The summed E-state index contributed by atoms with van der Waals surface area (Å²) in [6.07, 6.45) is 0.533. The Balaban J connectivity index is 1.95. The molecule has 0 atom stereocenters. The van der Waals surface area contributed by atoms with Gasteiger partial charge in [0.25, 0.3) is 0 Å². The fraction of sp³-hybridized carbons (Fsp3) is 0.300. The van der Waals surface area contributed by atoms with E-state index >= 15 is 0 Å². The van der Waals surface area contributed by atoms with Gasteiger partial charge in [0.15, 0.2) is 5.82 Å². The minimum atomic E-state index is -3.78. The van der Waals surface area contributed by atoms with Gasteiger partial charge in [0, 0.05) is 19.5 Å². The average Bonchev–Trinajstić information content (AvgIpc) is 3.10. The summed E-state index contributed by atoms with van der Waals surface area (Å²) in [6, 6.07) is 15.9. The quantitative estimate of drug-likeness (QED) is 0.420. The Labute approximate surface area is 175 Å². The number of benzene rings is 2. The van der Waals surface area contributed by atoms with Crippen LogP contribution in [0.1, 0.15) is 17.2 Å². The second kappa shape index (κ2) is 9.92. The Bertz CT molecular complexity index is 1050. The molecule has 1 aromatic heterocycles. The molecule has 160 valence electrons. The summed E-state index contributed by atoms with van der Waals surface area (Å²) in [4.78, 5) is 6.54. The third-order valence-corrected chi connectivity index (χ3v) is 5.46. The summed E-state index contributed by atoms with van der Waals surface area (Å²) in [6.45, 7) is 1.09. The van der Waals surface area contributed by atoms with Crippen LogP contribution in [0.4, 0.5) is 0 Å². The largest absolute Gasteiger partial charge is 0.395 e. The van der Waals surface area contributed by atoms with E-state index < -0.39 is 10.0 Å². The number of sulfonamides is 1. The topological polar surface area (TPSA) is 135 Å². The van der Waals surface area contributed by atoms with Crippen LogP contribution in [-0.4, -0.2) is 64.6 Å². The van der Waals surface area contributed by atoms with Crippen LogP contribution in [0.15, 0.2) is 59.5 Å². The van der Waals surface area contributed by atoms with Gasteiger partial charge in [-0.05, 0) is 29.8 Å². The van der Waals surface area contributed by atoms with Gasteiger partial charge >= 0.3 is 0 Å². The van der Waals surface area contributed by atoms with Gasteiger partial charge in [0.2, 0.25) is 10.0 Å². The maximum atomic E-state index is 11.5. The number of aliphatic hydroxyl groups is 2. The van der Waals surface area contributed by atoms with Crippen LogP contribution < -0.4 is 5.14 Å². The van der Waals surface area contributed by atoms with E-state index in [1.807, 2.05) is 35.2 Å². The molecule has 0 saturated carbocycles. The van der Waals surface area contributed by atoms with E-state index in [1.165, 1.54) is 12.1 Å². The van der Waals surface area contributed by atoms with Crippen molar-refractivity contribution in [2.45, 2.75) is 17.9 Å². The standard InChI is InChI=1S/C20H25N5O4S/c21-30(28,29)18-8-6-17(7-9-18)25-20(14-16-4-2-1-3-5-16)22-19(23-25)15-24(10-12-26)11-13-27/h1-9,26-27H,10-15H2,(H2,21,28,29). The monoisotopic (exact) mass is 431 g/mol. The van der Waals surface area contributed by atoms with Crippen molar-refractivity contribution in [1.82, 2.24) is 19.7 Å². The second-order valence-electron chi connectivity index (χ2n) is 6.78. The lowest BCUT2D eigenvalue weighted by Gasteiger charge is -2.17. The first-order valence-electron chi connectivity index (χ1n) is 9.47. The molecule has 0 aliphatic rings. The molecule has 0 unspecified atom stereocenters. The molecule has 10 heteroatoms. The van der Waals surface area contributed by atoms with Crippen LogP contribution >= 0.6 is 0 Å². The zero-order valence-corrected chi connectivity index (χ0v) is 17.2. The summed E-state index contributed by atoms with van der Waals surface area (Å²) in [5.74, 6) is 1.23. The molecule has 3 aromatic rings. The summed E-state index contributed by atoms with van der Waals surface area (Å²) < 4.78 is 24.7. The van der Waals surface area contributed by atoms with Gasteiger partial charge in [-0.3, -0.25) is 4.90 Å². The van der Waals surface area contributed by atoms with E-state index in [4.69, 9.17) is 5.14 Å². The van der Waals surface area contributed by atoms with Gasteiger partial charge in [-0.1, -0.05) is 30.3 Å². The number of nitrogens with two attached hydrogens (primary N) is 1. The zero-order valence-electron chi connectivity index (χ0n) is 16.4. The first-order chi connectivity index (χ1) is 14.4. The number of rotatable bonds is 10. The molecule has 0 radical (unpaired) electrons. The highest BCUT2D eigenvalue weighted by molar-refractivity contribution is 7.89. The zero-order chi connectivity index (χ0) is 21.6. The molecule has 1 heterocycles. The molecule has 9 nitrogen and oxygen atoms in total. The highest BCUT2D eigenvalue weighted by Gasteiger charge is 2.16. The third kappa shape index (κ3) is 5.71. The van der Waals surface area contributed by atoms with E-state index in [2.05, 4.69) is 10.1 Å². The molecule has 4 N–H and O–H groups in total. The van der Waals surface area contributed by atoms with Crippen molar-refractivity contribution >= 4 is 10.0 Å². The van der Waals surface area contributed by atoms with Crippen molar-refractivity contribution in [3.05, 3.63) is 71.8 Å². The average molecular weight is 432 g/mol. The van der Waals surface area contributed by atoms with Gasteiger partial charge in [-0.2, -0.15) is 0 Å². The predicted molar refractivity (Wildman–Crippen MR) is 111 cm³/mol. The van der Waals surface area contributed by atoms with Crippen molar-refractivity contribution < 1.29 is 18.6 Å². The molecular weight excluding hydrogens is 406 g/mol. The molecule has 0 bridgehead atoms. The molecule has 0 spiro atoms. The molecule has 30 heavy (non-hydrogen) atoms. The molecule has 3 rings (SSSR count). The van der Waals surface area contributed by atoms with Crippen LogP contribution in [0.3, 0.4) is 0 Å². The van der Waals surface area contributed by atoms with Gasteiger partial charge in [-0.25, -0.2) is 23.2 Å². The fourth-order valence-electron chi connectivity index (χ4n) is 3.09. The summed E-state index contributed by atoms with van der Waals surface area (Å²) >= 11 is 0. The first-order valence-corrected chi connectivity index (χ1v) is 11.0. The first kappa shape index (κ1) is 22.1. The molecule has 0 fully saturated rings. The van der Waals surface area contributed by atoms with Gasteiger partial charge < -0.3 is 10.2 Å². The lowest BCUT2D eigenvalue weighted by atomic mass is 10.1. The molecular formula is C20H25N5O4S. The minimum Gasteiger partial charge on any atom is -0.395 e. The van der Waals surface area contributed by atoms with Crippen molar-refractivity contribution in [2.24, 2.45) is 5.14 Å². The van der Waals surface area contributed by atoms with Gasteiger partial charge in [0.1, 0.15) is 5.82 Å². The van der Waals surface area contributed by atoms with Crippen LogP contribution in [0.25, 0.3) is 5.69 Å². The Kier molecular flexibility index (Phi) is 7.29. The highest BCUT2D eigenvalue weighted by atomic mass is 32.2. The summed E-state index contributed by atoms with van der Waals surface area (Å²) in [5, 5.41) is 28.3. The number of hydrogen-bond acceptors (Lipinski definition) is 7. The molecule has 2 aromatic carbocycles. The minimum absolute atomic E-state index is 0.0215. The lowest BCUT2D eigenvalue weighted by Crippen LogP contribution is -2.29. The fourth-order valence-corrected chi connectivity index (χ4v) is 3.60. The Morgan fingerprint density at radius 2 is 1.60 bits per heavy atom. The van der Waals surface area contributed by atoms with Crippen molar-refractivity contribution in [2.75, 3.05) is 26.3 Å². The van der Waals surface area contributed by atoms with Crippen molar-refractivity contribution in [3.63, 3.8) is 0 Å². The molecule has 0 aliphatic carbocycles. The van der Waals surface area contributed by atoms with E-state index in [-0.39, 0.29) is 18.1 Å². The Hall–Kier alpha value is -2.63. The van der Waals surface area contributed by atoms with Crippen LogP contribution in [0.5, 0.6) is 0 Å². The maximum absolute atomic E-state index is 11.5. The van der Waals surface area contributed by atoms with Crippen LogP contribution in [-0.2, 0) is 23.0 Å². The van der Waals surface area contributed by atoms with Crippen LogP contribution in [0.2, 0.25) is 0 Å². The van der Waals surface area contributed by atoms with E-state index in [1.54, 1.807) is 16.8 Å². The molecule has 0 saturated heterocycles. The molecule has 0 aliphatic heterocycles. The van der Waals surface area contributed by atoms with Crippen molar-refractivity contribution in [1.29, 1.82) is 0 Å². The Morgan fingerprint density at radius 1 is 0.967 bits per heavy atom. The normalized spacial score (nSPS) is 11.9. The van der Waals surface area contributed by atoms with Gasteiger partial charge in [-0.15, -0.1) is 5.10 Å². The van der Waals surface area contributed by atoms with E-state index in [9.17, 15) is 18.6 Å². The predicted octanol–water partition coefficient (Wildman–Crippen LogP) is 0.292. The second-order valence-corrected chi connectivity index (χ2v) is 8.34. The summed E-state index contributed by atoms with van der Waals surface area (Å²) in [7, 11) is -3.78. The highest BCUT2D eigenvalue weighted by Crippen LogP contribution is 2.17.